The third kappa shape index (κ3) is 4.04. The first-order valence-electron chi connectivity index (χ1n) is 8.81. The van der Waals surface area contributed by atoms with Gasteiger partial charge in [0.1, 0.15) is 11.2 Å². The molecule has 2 heterocycles. The van der Waals surface area contributed by atoms with Crippen LogP contribution in [-0.4, -0.2) is 28.9 Å². The largest absolute Gasteiger partial charge is 0.326 e. The van der Waals surface area contributed by atoms with Gasteiger partial charge in [-0.15, -0.1) is 0 Å². The molecule has 4 aromatic rings. The average molecular weight is 442 g/mol. The molecule has 2 aromatic heterocycles. The second-order valence-electron chi connectivity index (χ2n) is 6.50. The second-order valence-corrected chi connectivity index (χ2v) is 8.44. The van der Waals surface area contributed by atoms with Gasteiger partial charge in [0.25, 0.3) is 0 Å². The van der Waals surface area contributed by atoms with Crippen LogP contribution in [0.25, 0.3) is 16.9 Å². The number of nitrogens with one attached hydrogen (secondary N) is 1. The number of anilines is 1. The molecular formula is C20H16ClN5O3S. The van der Waals surface area contributed by atoms with Gasteiger partial charge in [-0.2, -0.15) is 0 Å². The van der Waals surface area contributed by atoms with Crippen molar-refractivity contribution in [1.82, 2.24) is 14.5 Å². The van der Waals surface area contributed by atoms with Gasteiger partial charge >= 0.3 is 0 Å². The molecule has 1 amide bonds. The minimum atomic E-state index is -4.09. The van der Waals surface area contributed by atoms with Crippen LogP contribution in [0, 0.1) is 0 Å². The Morgan fingerprint density at radius 1 is 1.10 bits per heavy atom. The molecule has 0 aliphatic heterocycles. The summed E-state index contributed by atoms with van der Waals surface area (Å²) in [4.78, 5) is 20.6. The molecule has 8 nitrogen and oxygen atoms in total. The number of rotatable bonds is 5. The molecular weight excluding hydrogens is 426 g/mol. The normalized spacial score (nSPS) is 11.5. The quantitative estimate of drug-likeness (QED) is 0.493. The van der Waals surface area contributed by atoms with Gasteiger partial charge in [-0.1, -0.05) is 29.8 Å². The number of aromatic nitrogens is 3. The minimum absolute atomic E-state index is 0.0456. The van der Waals surface area contributed by atoms with E-state index in [-0.39, 0.29) is 17.2 Å². The monoisotopic (exact) mass is 441 g/mol. The van der Waals surface area contributed by atoms with Crippen molar-refractivity contribution in [3.63, 3.8) is 0 Å². The Labute approximate surface area is 177 Å². The summed E-state index contributed by atoms with van der Waals surface area (Å²) in [7, 11) is -4.09. The van der Waals surface area contributed by atoms with Crippen molar-refractivity contribution in [2.24, 2.45) is 5.14 Å². The molecule has 30 heavy (non-hydrogen) atoms. The molecule has 0 aliphatic carbocycles. The highest BCUT2D eigenvalue weighted by molar-refractivity contribution is 7.89. The lowest BCUT2D eigenvalue weighted by Crippen LogP contribution is -2.18. The highest BCUT2D eigenvalue weighted by atomic mass is 35.5. The number of benzene rings is 2. The van der Waals surface area contributed by atoms with Crippen LogP contribution in [0.5, 0.6) is 0 Å². The number of primary sulfonamides is 1. The summed E-state index contributed by atoms with van der Waals surface area (Å²) in [5.74, 6) is -0.339. The number of nitrogens with zero attached hydrogens (tertiary/aromatic N) is 3. The number of fused-ring (bicyclic) bond motifs is 1. The topological polar surface area (TPSA) is 120 Å². The van der Waals surface area contributed by atoms with Crippen molar-refractivity contribution in [3.05, 3.63) is 77.7 Å². The number of nitrogens with two attached hydrogens (primary N) is 1. The van der Waals surface area contributed by atoms with E-state index in [4.69, 9.17) is 16.7 Å². The molecule has 10 heteroatoms. The Kier molecular flexibility index (Phi) is 5.25. The first-order chi connectivity index (χ1) is 14.3. The lowest BCUT2D eigenvalue weighted by Gasteiger charge is -2.13. The maximum atomic E-state index is 12.4. The molecule has 0 saturated heterocycles. The van der Waals surface area contributed by atoms with Crippen LogP contribution in [-0.2, 0) is 21.2 Å². The number of sulfonamides is 1. The SMILES string of the molecule is NS(=O)(=O)c1cc(NC(=O)Cc2ccccc2Cl)ccc1-n1cnc2ncccc21. The van der Waals surface area contributed by atoms with Crippen LogP contribution in [0.3, 0.4) is 0 Å². The lowest BCUT2D eigenvalue weighted by molar-refractivity contribution is -0.115. The zero-order chi connectivity index (χ0) is 21.3. The van der Waals surface area contributed by atoms with Crippen molar-refractivity contribution in [3.8, 4) is 5.69 Å². The number of hydrogen-bond donors (Lipinski definition) is 2. The van der Waals surface area contributed by atoms with Gasteiger partial charge in [-0.3, -0.25) is 9.36 Å². The van der Waals surface area contributed by atoms with E-state index in [0.29, 0.717) is 33.1 Å². The Morgan fingerprint density at radius 3 is 2.67 bits per heavy atom. The van der Waals surface area contributed by atoms with E-state index in [2.05, 4.69) is 15.3 Å². The van der Waals surface area contributed by atoms with Gasteiger partial charge in [0, 0.05) is 16.9 Å². The number of carbonyl (C=O) groups is 1. The molecule has 152 valence electrons. The number of halogens is 1. The summed E-state index contributed by atoms with van der Waals surface area (Å²) < 4.78 is 26.1. The van der Waals surface area contributed by atoms with Crippen LogP contribution in [0.1, 0.15) is 5.56 Å². The van der Waals surface area contributed by atoms with Gasteiger partial charge < -0.3 is 5.32 Å². The average Bonchev–Trinajstić information content (AvgIpc) is 3.13. The van der Waals surface area contributed by atoms with E-state index in [1.165, 1.54) is 12.4 Å². The number of hydrogen-bond acceptors (Lipinski definition) is 5. The zero-order valence-electron chi connectivity index (χ0n) is 15.5. The fraction of sp³-hybridized carbons (Fsp3) is 0.0500. The van der Waals surface area contributed by atoms with E-state index in [0.717, 1.165) is 0 Å². The summed E-state index contributed by atoms with van der Waals surface area (Å²) in [6, 6.07) is 15.0. The van der Waals surface area contributed by atoms with E-state index < -0.39 is 10.0 Å². The van der Waals surface area contributed by atoms with E-state index in [1.807, 2.05) is 0 Å². The van der Waals surface area contributed by atoms with Gasteiger partial charge in [0.15, 0.2) is 5.65 Å². The van der Waals surface area contributed by atoms with Crippen molar-refractivity contribution in [2.45, 2.75) is 11.3 Å². The van der Waals surface area contributed by atoms with Crippen molar-refractivity contribution >= 4 is 44.4 Å². The standard InChI is InChI=1S/C20H16ClN5O3S/c21-15-5-2-1-4-13(15)10-19(27)25-14-7-8-16(18(11-14)30(22,28)29)26-12-24-20-17(26)6-3-9-23-20/h1-9,11-12H,10H2,(H,25,27)(H2,22,28,29). The van der Waals surface area contributed by atoms with E-state index in [1.54, 1.807) is 59.3 Å². The Balaban J connectivity index is 1.69. The molecule has 0 spiro atoms. The van der Waals surface area contributed by atoms with E-state index in [9.17, 15) is 13.2 Å². The highest BCUT2D eigenvalue weighted by Crippen LogP contribution is 2.26. The van der Waals surface area contributed by atoms with Crippen LogP contribution in [0.15, 0.2) is 72.0 Å². The van der Waals surface area contributed by atoms with E-state index >= 15 is 0 Å². The van der Waals surface area contributed by atoms with Gasteiger partial charge in [-0.05, 0) is 42.0 Å². The minimum Gasteiger partial charge on any atom is -0.326 e. The summed E-state index contributed by atoms with van der Waals surface area (Å²) in [6.45, 7) is 0. The van der Waals surface area contributed by atoms with Gasteiger partial charge in [0.05, 0.1) is 17.6 Å². The predicted molar refractivity (Wildman–Crippen MR) is 114 cm³/mol. The van der Waals surface area contributed by atoms with Crippen molar-refractivity contribution in [2.75, 3.05) is 5.32 Å². The first kappa shape index (κ1) is 20.0. The number of amides is 1. The summed E-state index contributed by atoms with van der Waals surface area (Å²) >= 11 is 6.09. The molecule has 3 N–H and O–H groups in total. The smallest absolute Gasteiger partial charge is 0.240 e. The highest BCUT2D eigenvalue weighted by Gasteiger charge is 2.19. The lowest BCUT2D eigenvalue weighted by atomic mass is 10.1. The maximum absolute atomic E-state index is 12.4. The molecule has 0 bridgehead atoms. The molecule has 0 radical (unpaired) electrons. The Hall–Kier alpha value is -3.27. The Bertz CT molecular complexity index is 1370. The third-order valence-corrected chi connectivity index (χ3v) is 5.75. The van der Waals surface area contributed by atoms with Gasteiger partial charge in [0.2, 0.25) is 15.9 Å². The summed E-state index contributed by atoms with van der Waals surface area (Å²) in [6.07, 6.45) is 3.11. The molecule has 0 saturated carbocycles. The molecule has 0 aliphatic rings. The van der Waals surface area contributed by atoms with Crippen LogP contribution < -0.4 is 10.5 Å². The van der Waals surface area contributed by atoms with Crippen LogP contribution in [0.4, 0.5) is 5.69 Å². The predicted octanol–water partition coefficient (Wildman–Crippen LogP) is 2.90. The zero-order valence-corrected chi connectivity index (χ0v) is 17.1. The molecule has 0 fully saturated rings. The number of pyridine rings is 1. The fourth-order valence-corrected chi connectivity index (χ4v) is 4.03. The van der Waals surface area contributed by atoms with Crippen LogP contribution in [0.2, 0.25) is 5.02 Å². The fourth-order valence-electron chi connectivity index (χ4n) is 3.08. The van der Waals surface area contributed by atoms with Crippen molar-refractivity contribution < 1.29 is 13.2 Å². The molecule has 0 atom stereocenters. The number of carbonyl (C=O) groups excluding carboxylic acids is 1. The first-order valence-corrected chi connectivity index (χ1v) is 10.7. The van der Waals surface area contributed by atoms with Crippen molar-refractivity contribution in [1.29, 1.82) is 0 Å². The number of imidazole rings is 1. The molecule has 0 unspecified atom stereocenters. The molecule has 2 aromatic carbocycles. The Morgan fingerprint density at radius 2 is 1.90 bits per heavy atom. The third-order valence-electron chi connectivity index (χ3n) is 4.44. The molecule has 4 rings (SSSR count). The van der Waals surface area contributed by atoms with Crippen LogP contribution >= 0.6 is 11.6 Å². The summed E-state index contributed by atoms with van der Waals surface area (Å²) in [5.41, 5.74) is 2.35. The second kappa shape index (κ2) is 7.86. The van der Waals surface area contributed by atoms with Gasteiger partial charge in [-0.25, -0.2) is 23.5 Å². The maximum Gasteiger partial charge on any atom is 0.240 e. The summed E-state index contributed by atoms with van der Waals surface area (Å²) in [5, 5.41) is 8.61.